The molecular formula is C16H22O4. The lowest BCUT2D eigenvalue weighted by molar-refractivity contribution is -0.140. The molecule has 1 aliphatic heterocycles. The molecule has 0 aliphatic carbocycles. The Morgan fingerprint density at radius 1 is 1.40 bits per heavy atom. The minimum absolute atomic E-state index is 0.0843. The maximum absolute atomic E-state index is 11.1. The second-order valence-corrected chi connectivity index (χ2v) is 6.36. The summed E-state index contributed by atoms with van der Waals surface area (Å²) in [6.45, 7) is 8.16. The summed E-state index contributed by atoms with van der Waals surface area (Å²) in [5.41, 5.74) is 1.58. The van der Waals surface area contributed by atoms with E-state index in [9.17, 15) is 4.79 Å². The SMILES string of the molecule is CC1(C)OCC(c2ccccc2C(C)(C)CC(=O)O)O1. The molecule has 1 unspecified atom stereocenters. The predicted molar refractivity (Wildman–Crippen MR) is 75.6 cm³/mol. The van der Waals surface area contributed by atoms with E-state index >= 15 is 0 Å². The molecule has 0 aromatic heterocycles. The second-order valence-electron chi connectivity index (χ2n) is 6.36. The molecule has 0 radical (unpaired) electrons. The van der Waals surface area contributed by atoms with Crippen LogP contribution < -0.4 is 0 Å². The van der Waals surface area contributed by atoms with Gasteiger partial charge in [-0.1, -0.05) is 38.1 Å². The number of ether oxygens (including phenoxy) is 2. The third-order valence-electron chi connectivity index (χ3n) is 3.64. The number of benzene rings is 1. The van der Waals surface area contributed by atoms with Crippen molar-refractivity contribution in [3.63, 3.8) is 0 Å². The molecule has 0 spiro atoms. The van der Waals surface area contributed by atoms with Crippen molar-refractivity contribution in [2.24, 2.45) is 0 Å². The van der Waals surface area contributed by atoms with Crippen LogP contribution in [-0.4, -0.2) is 23.5 Å². The van der Waals surface area contributed by atoms with E-state index in [4.69, 9.17) is 14.6 Å². The molecule has 1 aromatic carbocycles. The molecule has 0 amide bonds. The Balaban J connectivity index is 2.34. The largest absolute Gasteiger partial charge is 0.481 e. The van der Waals surface area contributed by atoms with Gasteiger partial charge in [0.15, 0.2) is 5.79 Å². The molecule has 1 atom stereocenters. The minimum Gasteiger partial charge on any atom is -0.481 e. The van der Waals surface area contributed by atoms with E-state index in [0.29, 0.717) is 6.61 Å². The van der Waals surface area contributed by atoms with Crippen LogP contribution in [0.3, 0.4) is 0 Å². The van der Waals surface area contributed by atoms with Gasteiger partial charge in [-0.25, -0.2) is 0 Å². The van der Waals surface area contributed by atoms with Crippen LogP contribution >= 0.6 is 0 Å². The number of aliphatic carboxylic acids is 1. The minimum atomic E-state index is -0.797. The molecule has 1 saturated heterocycles. The van der Waals surface area contributed by atoms with Crippen LogP contribution in [0.15, 0.2) is 24.3 Å². The fourth-order valence-corrected chi connectivity index (χ4v) is 2.71. The Morgan fingerprint density at radius 2 is 2.05 bits per heavy atom. The zero-order chi connectivity index (χ0) is 15.0. The quantitative estimate of drug-likeness (QED) is 0.918. The van der Waals surface area contributed by atoms with Crippen molar-refractivity contribution < 1.29 is 19.4 Å². The van der Waals surface area contributed by atoms with E-state index < -0.39 is 17.2 Å². The van der Waals surface area contributed by atoms with Crippen LogP contribution in [0.5, 0.6) is 0 Å². The first-order valence-corrected chi connectivity index (χ1v) is 6.84. The molecule has 0 bridgehead atoms. The van der Waals surface area contributed by atoms with Crippen molar-refractivity contribution in [3.8, 4) is 0 Å². The van der Waals surface area contributed by atoms with E-state index in [1.807, 2.05) is 52.0 Å². The van der Waals surface area contributed by atoms with Crippen LogP contribution in [-0.2, 0) is 19.7 Å². The van der Waals surface area contributed by atoms with Gasteiger partial charge in [-0.3, -0.25) is 4.79 Å². The van der Waals surface area contributed by atoms with Gasteiger partial charge in [0, 0.05) is 5.41 Å². The molecule has 1 N–H and O–H groups in total. The molecule has 110 valence electrons. The van der Waals surface area contributed by atoms with Crippen molar-refractivity contribution in [2.75, 3.05) is 6.61 Å². The van der Waals surface area contributed by atoms with Gasteiger partial charge in [0.2, 0.25) is 0 Å². The summed E-state index contributed by atoms with van der Waals surface area (Å²) < 4.78 is 11.5. The van der Waals surface area contributed by atoms with Gasteiger partial charge < -0.3 is 14.6 Å². The third-order valence-corrected chi connectivity index (χ3v) is 3.64. The number of carboxylic acid groups (broad SMARTS) is 1. The fourth-order valence-electron chi connectivity index (χ4n) is 2.71. The lowest BCUT2D eigenvalue weighted by Crippen LogP contribution is -2.25. The van der Waals surface area contributed by atoms with E-state index in [1.165, 1.54) is 0 Å². The zero-order valence-electron chi connectivity index (χ0n) is 12.5. The Hall–Kier alpha value is -1.39. The molecule has 4 heteroatoms. The summed E-state index contributed by atoms with van der Waals surface area (Å²) >= 11 is 0. The first-order valence-electron chi connectivity index (χ1n) is 6.84. The lowest BCUT2D eigenvalue weighted by Gasteiger charge is -2.28. The smallest absolute Gasteiger partial charge is 0.304 e. The third kappa shape index (κ3) is 3.19. The molecule has 20 heavy (non-hydrogen) atoms. The van der Waals surface area contributed by atoms with Crippen LogP contribution in [0.4, 0.5) is 0 Å². The standard InChI is InChI=1S/C16H22O4/c1-15(2,9-14(17)18)12-8-6-5-7-11(12)13-10-19-16(3,4)20-13/h5-8,13H,9-10H2,1-4H3,(H,17,18). The topological polar surface area (TPSA) is 55.8 Å². The van der Waals surface area contributed by atoms with E-state index in [0.717, 1.165) is 11.1 Å². The van der Waals surface area contributed by atoms with Crippen LogP contribution in [0.1, 0.15) is 51.3 Å². The Labute approximate surface area is 119 Å². The van der Waals surface area contributed by atoms with Crippen molar-refractivity contribution in [1.29, 1.82) is 0 Å². The highest BCUT2D eigenvalue weighted by Gasteiger charge is 2.37. The molecular weight excluding hydrogens is 256 g/mol. The summed E-state index contributed by atoms with van der Waals surface area (Å²) in [7, 11) is 0. The van der Waals surface area contributed by atoms with Gasteiger partial charge in [0.05, 0.1) is 13.0 Å². The van der Waals surface area contributed by atoms with E-state index in [1.54, 1.807) is 0 Å². The number of hydrogen-bond acceptors (Lipinski definition) is 3. The average Bonchev–Trinajstić information content (AvgIpc) is 2.68. The van der Waals surface area contributed by atoms with Gasteiger partial charge in [0.1, 0.15) is 6.10 Å². The highest BCUT2D eigenvalue weighted by atomic mass is 16.7. The van der Waals surface area contributed by atoms with Crippen LogP contribution in [0.25, 0.3) is 0 Å². The van der Waals surface area contributed by atoms with Crippen molar-refractivity contribution >= 4 is 5.97 Å². The maximum Gasteiger partial charge on any atom is 0.304 e. The van der Waals surface area contributed by atoms with Gasteiger partial charge in [0.25, 0.3) is 0 Å². The van der Waals surface area contributed by atoms with Crippen LogP contribution in [0.2, 0.25) is 0 Å². The molecule has 1 aromatic rings. The first-order chi connectivity index (χ1) is 9.21. The lowest BCUT2D eigenvalue weighted by atomic mass is 9.78. The maximum atomic E-state index is 11.1. The average molecular weight is 278 g/mol. The zero-order valence-corrected chi connectivity index (χ0v) is 12.5. The molecule has 1 heterocycles. The monoisotopic (exact) mass is 278 g/mol. The van der Waals surface area contributed by atoms with Crippen molar-refractivity contribution in [3.05, 3.63) is 35.4 Å². The summed E-state index contributed by atoms with van der Waals surface area (Å²) in [5.74, 6) is -1.39. The van der Waals surface area contributed by atoms with E-state index in [-0.39, 0.29) is 12.5 Å². The summed E-state index contributed by atoms with van der Waals surface area (Å²) in [6.07, 6.45) is -0.0599. The molecule has 1 aliphatic rings. The normalized spacial score (nSPS) is 21.9. The van der Waals surface area contributed by atoms with Gasteiger partial charge in [-0.05, 0) is 25.0 Å². The number of hydrogen-bond donors (Lipinski definition) is 1. The summed E-state index contributed by atoms with van der Waals surface area (Å²) in [4.78, 5) is 11.1. The Morgan fingerprint density at radius 3 is 2.60 bits per heavy atom. The highest BCUT2D eigenvalue weighted by Crippen LogP contribution is 2.39. The van der Waals surface area contributed by atoms with Gasteiger partial charge in [-0.2, -0.15) is 0 Å². The molecule has 0 saturated carbocycles. The summed E-state index contributed by atoms with van der Waals surface area (Å²) in [6, 6.07) is 7.86. The second kappa shape index (κ2) is 5.19. The van der Waals surface area contributed by atoms with Gasteiger partial charge in [-0.15, -0.1) is 0 Å². The Kier molecular flexibility index (Phi) is 3.89. The van der Waals surface area contributed by atoms with Crippen molar-refractivity contribution in [2.45, 2.75) is 51.4 Å². The number of rotatable bonds is 4. The van der Waals surface area contributed by atoms with Crippen molar-refractivity contribution in [1.82, 2.24) is 0 Å². The molecule has 2 rings (SSSR count). The number of carboxylic acids is 1. The molecule has 4 nitrogen and oxygen atoms in total. The first kappa shape index (κ1) is 15.0. The summed E-state index contributed by atoms with van der Waals surface area (Å²) in [5, 5.41) is 9.09. The fraction of sp³-hybridized carbons (Fsp3) is 0.562. The molecule has 1 fully saturated rings. The predicted octanol–water partition coefficient (Wildman–Crippen LogP) is 3.26. The van der Waals surface area contributed by atoms with Gasteiger partial charge >= 0.3 is 5.97 Å². The Bertz CT molecular complexity index is 505. The number of carbonyl (C=O) groups is 1. The van der Waals surface area contributed by atoms with E-state index in [2.05, 4.69) is 0 Å². The van der Waals surface area contributed by atoms with Crippen LogP contribution in [0, 0.1) is 0 Å². The highest BCUT2D eigenvalue weighted by molar-refractivity contribution is 5.69.